The Balaban J connectivity index is 1.01. The van der Waals surface area contributed by atoms with Crippen LogP contribution < -0.4 is 5.32 Å². The summed E-state index contributed by atoms with van der Waals surface area (Å²) in [7, 11) is 0. The normalized spacial score (nSPS) is 13.0. The van der Waals surface area contributed by atoms with Crippen molar-refractivity contribution < 1.29 is 24.2 Å². The van der Waals surface area contributed by atoms with Crippen LogP contribution in [0, 0.1) is 0 Å². The zero-order chi connectivity index (χ0) is 50.9. The van der Waals surface area contributed by atoms with Crippen molar-refractivity contribution in [2.75, 3.05) is 18.9 Å². The Kier molecular flexibility index (Phi) is 14.7. The van der Waals surface area contributed by atoms with Crippen LogP contribution in [0.1, 0.15) is 63.0 Å². The fourth-order valence-corrected chi connectivity index (χ4v) is 12.5. The molecule has 1 aliphatic rings. The largest absolute Gasteiger partial charge is 0.480 e. The van der Waals surface area contributed by atoms with Crippen molar-refractivity contribution >= 4 is 29.7 Å². The summed E-state index contributed by atoms with van der Waals surface area (Å²) in [5.74, 6) is -1.96. The number of thioether (sulfide) groups is 1. The van der Waals surface area contributed by atoms with Gasteiger partial charge in [-0.3, -0.25) is 4.79 Å². The second kappa shape index (κ2) is 22.1. The number of imidazole rings is 1. The van der Waals surface area contributed by atoms with Crippen LogP contribution in [0.3, 0.4) is 0 Å². The highest BCUT2D eigenvalue weighted by Gasteiger charge is 2.43. The van der Waals surface area contributed by atoms with Gasteiger partial charge in [0, 0.05) is 30.8 Å². The number of ether oxygens (including phenoxy) is 1. The average Bonchev–Trinajstić information content (AvgIpc) is 4.06. The van der Waals surface area contributed by atoms with Gasteiger partial charge in [-0.15, -0.1) is 11.8 Å². The number of carboxylic acids is 1. The number of nitrogens with zero attached hydrogens (tertiary/aromatic N) is 3. The minimum atomic E-state index is -1.31. The minimum Gasteiger partial charge on any atom is -0.480 e. The van der Waals surface area contributed by atoms with Crippen LogP contribution in [-0.4, -0.2) is 68.5 Å². The van der Waals surface area contributed by atoms with E-state index in [-0.39, 0.29) is 31.2 Å². The molecular formula is C64H56N4O5S. The fourth-order valence-electron chi connectivity index (χ4n) is 10.8. The van der Waals surface area contributed by atoms with Crippen LogP contribution in [0.5, 0.6) is 0 Å². The molecule has 9 aromatic rings. The van der Waals surface area contributed by atoms with Gasteiger partial charge < -0.3 is 24.6 Å². The molecule has 0 fully saturated rings. The maximum absolute atomic E-state index is 15.5. The van der Waals surface area contributed by atoms with E-state index in [1.807, 2.05) is 140 Å². The highest BCUT2D eigenvalue weighted by molar-refractivity contribution is 8.00. The molecule has 2 amide bonds. The molecule has 368 valence electrons. The van der Waals surface area contributed by atoms with E-state index in [1.54, 1.807) is 13.3 Å². The summed E-state index contributed by atoms with van der Waals surface area (Å²) in [5, 5.41) is 14.2. The third-order valence-corrected chi connectivity index (χ3v) is 15.9. The van der Waals surface area contributed by atoms with E-state index in [4.69, 9.17) is 9.72 Å². The number of aromatic nitrogens is 2. The molecule has 0 spiro atoms. The van der Waals surface area contributed by atoms with Crippen LogP contribution in [0.15, 0.2) is 243 Å². The van der Waals surface area contributed by atoms with E-state index in [9.17, 15) is 14.7 Å². The van der Waals surface area contributed by atoms with E-state index >= 15 is 4.79 Å². The number of alkyl carbamates (subject to hydrolysis) is 1. The van der Waals surface area contributed by atoms with Crippen LogP contribution in [0.2, 0.25) is 0 Å². The Hall–Kier alpha value is -8.47. The molecule has 0 aliphatic heterocycles. The van der Waals surface area contributed by atoms with Crippen molar-refractivity contribution in [3.8, 4) is 11.1 Å². The second-order valence-electron chi connectivity index (χ2n) is 18.4. The summed E-state index contributed by atoms with van der Waals surface area (Å²) in [4.78, 5) is 49.9. The van der Waals surface area contributed by atoms with E-state index in [2.05, 4.69) is 107 Å². The number of carbonyl (C=O) groups is 3. The lowest BCUT2D eigenvalue weighted by molar-refractivity contribution is -0.149. The summed E-state index contributed by atoms with van der Waals surface area (Å²) in [6.07, 6.45) is 2.82. The van der Waals surface area contributed by atoms with Gasteiger partial charge >= 0.3 is 12.1 Å². The van der Waals surface area contributed by atoms with Crippen LogP contribution in [0.4, 0.5) is 4.79 Å². The number of benzene rings is 8. The van der Waals surface area contributed by atoms with Crippen molar-refractivity contribution in [3.63, 3.8) is 0 Å². The Morgan fingerprint density at radius 3 is 1.43 bits per heavy atom. The first kappa shape index (κ1) is 49.1. The number of likely N-dealkylation sites (N-methyl/N-ethyl adjacent to an activating group) is 1. The fraction of sp³-hybridized carbons (Fsp3) is 0.156. The molecule has 8 aromatic carbocycles. The van der Waals surface area contributed by atoms with E-state index in [0.29, 0.717) is 5.69 Å². The van der Waals surface area contributed by atoms with Crippen LogP contribution in [0.25, 0.3) is 11.1 Å². The quantitative estimate of drug-likeness (QED) is 0.0776. The summed E-state index contributed by atoms with van der Waals surface area (Å²) >= 11 is 1.46. The van der Waals surface area contributed by atoms with Gasteiger partial charge in [-0.1, -0.05) is 231 Å². The molecule has 0 unspecified atom stereocenters. The van der Waals surface area contributed by atoms with Gasteiger partial charge in [-0.05, 0) is 62.6 Å². The predicted octanol–water partition coefficient (Wildman–Crippen LogP) is 12.2. The molecule has 1 aromatic heterocycles. The van der Waals surface area contributed by atoms with Crippen LogP contribution >= 0.6 is 11.8 Å². The molecule has 10 rings (SSSR count). The van der Waals surface area contributed by atoms with E-state index < -0.39 is 40.3 Å². The molecule has 2 N–H and O–H groups in total. The summed E-state index contributed by atoms with van der Waals surface area (Å²) < 4.78 is 7.29. The maximum atomic E-state index is 15.5. The second-order valence-corrected chi connectivity index (χ2v) is 19.6. The number of rotatable bonds is 19. The van der Waals surface area contributed by atoms with Crippen molar-refractivity contribution in [2.24, 2.45) is 0 Å². The topological polar surface area (TPSA) is 114 Å². The predicted molar refractivity (Wildman–Crippen MR) is 293 cm³/mol. The monoisotopic (exact) mass is 992 g/mol. The standard InChI is InChI=1S/C64H56N4O5S/c1-2-68(59(61(70)71)44-74-64(49-31-15-6-16-32-49,50-33-17-7-18-34-50)51-35-19-8-20-36-51)60(69)58(66-62(72)73-43-57-55-39-23-21-37-53(55)54-38-22-24-40-56(54)57)41-52-42-67(45-65-52)63(46-25-9-3-10-26-46,47-27-11-4-12-28-47)48-29-13-5-14-30-48/h3-40,42,45,57-59H,2,41,43-44H2,1H3,(H,66,72)(H,70,71)/t58-,59-/m0/s1. The number of hydrogen-bond acceptors (Lipinski definition) is 6. The molecule has 2 atom stereocenters. The molecule has 0 saturated heterocycles. The van der Waals surface area contributed by atoms with Gasteiger partial charge in [0.15, 0.2) is 0 Å². The van der Waals surface area contributed by atoms with Crippen molar-refractivity contribution in [2.45, 2.75) is 41.6 Å². The van der Waals surface area contributed by atoms with Crippen LogP contribution in [-0.2, 0) is 31.0 Å². The van der Waals surface area contributed by atoms with E-state index in [0.717, 1.165) is 55.6 Å². The van der Waals surface area contributed by atoms with Gasteiger partial charge in [-0.25, -0.2) is 14.6 Å². The zero-order valence-electron chi connectivity index (χ0n) is 41.0. The Bertz CT molecular complexity index is 3080. The summed E-state index contributed by atoms with van der Waals surface area (Å²) in [6.45, 7) is 1.84. The van der Waals surface area contributed by atoms with E-state index in [1.165, 1.54) is 16.7 Å². The third-order valence-electron chi connectivity index (χ3n) is 14.2. The molecule has 0 saturated carbocycles. The number of amides is 2. The van der Waals surface area contributed by atoms with Crippen molar-refractivity contribution in [1.29, 1.82) is 0 Å². The Labute approximate surface area is 436 Å². The molecule has 0 radical (unpaired) electrons. The molecule has 0 bridgehead atoms. The Morgan fingerprint density at radius 2 is 1.01 bits per heavy atom. The van der Waals surface area contributed by atoms with Gasteiger partial charge in [0.25, 0.3) is 0 Å². The number of aliphatic carboxylic acids is 1. The average molecular weight is 993 g/mol. The molecule has 1 aliphatic carbocycles. The molecule has 74 heavy (non-hydrogen) atoms. The van der Waals surface area contributed by atoms with Gasteiger partial charge in [0.05, 0.1) is 16.8 Å². The molecule has 1 heterocycles. The highest BCUT2D eigenvalue weighted by Crippen LogP contribution is 2.49. The lowest BCUT2D eigenvalue weighted by atomic mass is 9.77. The first-order valence-electron chi connectivity index (χ1n) is 25.0. The van der Waals surface area contributed by atoms with Crippen molar-refractivity contribution in [3.05, 3.63) is 293 Å². The zero-order valence-corrected chi connectivity index (χ0v) is 41.8. The number of fused-ring (bicyclic) bond motifs is 3. The van der Waals surface area contributed by atoms with Gasteiger partial charge in [0.1, 0.15) is 24.2 Å². The van der Waals surface area contributed by atoms with Gasteiger partial charge in [-0.2, -0.15) is 0 Å². The molecular weight excluding hydrogens is 937 g/mol. The maximum Gasteiger partial charge on any atom is 0.407 e. The first-order valence-corrected chi connectivity index (χ1v) is 26.0. The molecule has 10 heteroatoms. The lowest BCUT2D eigenvalue weighted by Gasteiger charge is -2.38. The summed E-state index contributed by atoms with van der Waals surface area (Å²) in [5.41, 5.74) is 9.74. The SMILES string of the molecule is CCN(C(=O)[C@H](Cc1cn(C(c2ccccc2)(c2ccccc2)c2ccccc2)cn1)NC(=O)OCC1c2ccccc2-c2ccccc21)[C@@H](CSC(c1ccccc1)(c1ccccc1)c1ccccc1)C(=O)O. The Morgan fingerprint density at radius 1 is 0.608 bits per heavy atom. The van der Waals surface area contributed by atoms with Gasteiger partial charge in [0.2, 0.25) is 5.91 Å². The number of hydrogen-bond donors (Lipinski definition) is 2. The third kappa shape index (κ3) is 9.52. The lowest BCUT2D eigenvalue weighted by Crippen LogP contribution is -2.55. The summed E-state index contributed by atoms with van der Waals surface area (Å²) in [6, 6.07) is 74.4. The number of nitrogens with one attached hydrogen (secondary N) is 1. The van der Waals surface area contributed by atoms with Crippen molar-refractivity contribution in [1.82, 2.24) is 19.8 Å². The molecule has 9 nitrogen and oxygen atoms in total. The number of carbonyl (C=O) groups excluding carboxylic acids is 2. The minimum absolute atomic E-state index is 0.00757. The first-order chi connectivity index (χ1) is 36.3. The number of carboxylic acid groups (broad SMARTS) is 1. The highest BCUT2D eigenvalue weighted by atomic mass is 32.2. The smallest absolute Gasteiger partial charge is 0.407 e.